The summed E-state index contributed by atoms with van der Waals surface area (Å²) in [7, 11) is -1.51. The summed E-state index contributed by atoms with van der Waals surface area (Å²) in [6.07, 6.45) is 25.7. The Hall–Kier alpha value is -4.46. The Morgan fingerprint density at radius 3 is 1.16 bits per heavy atom. The molecule has 0 aliphatic heterocycles. The van der Waals surface area contributed by atoms with Gasteiger partial charge < -0.3 is 0 Å². The van der Waals surface area contributed by atoms with Gasteiger partial charge in [0.25, 0.3) is 0 Å². The lowest BCUT2D eigenvalue weighted by atomic mass is 9.70. The van der Waals surface area contributed by atoms with Crippen LogP contribution in [0.1, 0.15) is 184 Å². The molecule has 2 aliphatic rings. The highest BCUT2D eigenvalue weighted by atomic mass is 32.1. The van der Waals surface area contributed by atoms with Crippen LogP contribution in [-0.2, 0) is 10.8 Å². The maximum absolute atomic E-state index is 5.02. The van der Waals surface area contributed by atoms with Crippen molar-refractivity contribution in [3.8, 4) is 64.0 Å². The van der Waals surface area contributed by atoms with Crippen LogP contribution in [0.5, 0.6) is 0 Å². The third kappa shape index (κ3) is 10.3. The van der Waals surface area contributed by atoms with Crippen LogP contribution in [0.15, 0.2) is 109 Å². The molecule has 386 valence electrons. The van der Waals surface area contributed by atoms with Gasteiger partial charge in [-0.15, -0.1) is 22.7 Å². The van der Waals surface area contributed by atoms with Crippen LogP contribution in [0.2, 0.25) is 19.6 Å². The van der Waals surface area contributed by atoms with Crippen molar-refractivity contribution in [3.63, 3.8) is 0 Å². The first-order valence-corrected chi connectivity index (χ1v) is 34.9. The molecule has 3 aromatic heterocycles. The van der Waals surface area contributed by atoms with Gasteiger partial charge in [0.2, 0.25) is 0 Å². The summed E-state index contributed by atoms with van der Waals surface area (Å²) in [5.41, 5.74) is 20.8. The third-order valence-corrected chi connectivity index (χ3v) is 22.2. The molecule has 0 atom stereocenters. The molecule has 0 spiro atoms. The number of hydrogen-bond acceptors (Lipinski definition) is 5. The minimum Gasteiger partial charge on any atom is -0.172 e. The Morgan fingerprint density at radius 1 is 0.378 bits per heavy atom. The van der Waals surface area contributed by atoms with Gasteiger partial charge in [-0.2, -0.15) is 8.75 Å². The first kappa shape index (κ1) is 53.0. The van der Waals surface area contributed by atoms with E-state index in [0.717, 1.165) is 11.0 Å². The molecule has 0 unspecified atom stereocenters. The monoisotopic (exact) mass is 1050 g/mol. The average molecular weight is 1050 g/mol. The molecule has 0 amide bonds. The molecule has 74 heavy (non-hydrogen) atoms. The fourth-order valence-electron chi connectivity index (χ4n) is 13.2. The Labute approximate surface area is 458 Å². The molecule has 8 aromatic rings. The summed E-state index contributed by atoms with van der Waals surface area (Å²) in [6.45, 7) is 19.2. The number of aromatic nitrogens is 2. The summed E-state index contributed by atoms with van der Waals surface area (Å²) < 4.78 is 10.0. The summed E-state index contributed by atoms with van der Waals surface area (Å²) in [5.74, 6) is 0. The highest BCUT2D eigenvalue weighted by molar-refractivity contribution is 7.19. The molecule has 5 aromatic carbocycles. The van der Waals surface area contributed by atoms with E-state index in [2.05, 4.69) is 163 Å². The lowest BCUT2D eigenvalue weighted by molar-refractivity contribution is 0.401. The maximum Gasteiger partial charge on any atom is 0.114 e. The number of unbranched alkanes of at least 4 members (excludes halogenated alkanes) is 12. The van der Waals surface area contributed by atoms with Crippen LogP contribution in [0.3, 0.4) is 0 Å². The Morgan fingerprint density at radius 2 is 0.743 bits per heavy atom. The standard InChI is InChI=1S/C68H82N2S3Si/c1-9-13-17-21-39-67(40-22-18-14-10-2)57-43-47(5)25-29-51(57)52-30-26-48(44-58(52)67)61-35-37-63(71-61)55-33-34-56(66-65(55)69-73-70-66)64-38-36-62(72-64)49-27-31-53-54-32-28-50(74(6,7)8)46-60(54)68(59(53)45-49,41-23-19-15-11-3)42-24-20-16-12-4/h25-38,43-46H,9-24,39-42H2,1-8H3. The molecule has 0 fully saturated rings. The minimum absolute atomic E-state index is 0.0613. The van der Waals surface area contributed by atoms with Crippen molar-refractivity contribution >= 4 is 58.7 Å². The van der Waals surface area contributed by atoms with E-state index in [9.17, 15) is 0 Å². The van der Waals surface area contributed by atoms with Crippen molar-refractivity contribution in [1.29, 1.82) is 0 Å². The number of benzene rings is 5. The topological polar surface area (TPSA) is 25.8 Å². The van der Waals surface area contributed by atoms with Crippen molar-refractivity contribution in [3.05, 3.63) is 137 Å². The molecule has 0 radical (unpaired) electrons. The van der Waals surface area contributed by atoms with Gasteiger partial charge in [-0.3, -0.25) is 0 Å². The molecule has 0 saturated carbocycles. The van der Waals surface area contributed by atoms with Crippen LogP contribution >= 0.6 is 34.4 Å². The van der Waals surface area contributed by atoms with Gasteiger partial charge in [0.1, 0.15) is 11.0 Å². The van der Waals surface area contributed by atoms with Crippen LogP contribution in [0.25, 0.3) is 75.0 Å². The zero-order chi connectivity index (χ0) is 51.5. The van der Waals surface area contributed by atoms with E-state index in [0.29, 0.717) is 0 Å². The summed E-state index contributed by atoms with van der Waals surface area (Å²) >= 11 is 5.16. The number of fused-ring (bicyclic) bond motifs is 7. The number of nitrogens with zero attached hydrogens (tertiary/aromatic N) is 2. The minimum atomic E-state index is -1.51. The molecular formula is C68H82N2S3Si. The predicted molar refractivity (Wildman–Crippen MR) is 330 cm³/mol. The zero-order valence-corrected chi connectivity index (χ0v) is 49.6. The first-order valence-electron chi connectivity index (χ1n) is 29.1. The Bertz CT molecular complexity index is 3190. The SMILES string of the molecule is CCCCCCC1(CCCCCC)c2cc(C)ccc2-c2ccc(-c3ccc(-c4ccc(-c5ccc(-c6ccc7c(c6)C(CCCCCC)(CCCCCC)c6cc([Si](C)(C)C)ccc6-7)s5)c5nsnc45)s3)cc21. The van der Waals surface area contributed by atoms with Crippen molar-refractivity contribution < 1.29 is 0 Å². The lowest BCUT2D eigenvalue weighted by Gasteiger charge is -2.34. The number of hydrogen-bond donors (Lipinski definition) is 0. The van der Waals surface area contributed by atoms with Gasteiger partial charge in [-0.25, -0.2) is 0 Å². The summed E-state index contributed by atoms with van der Waals surface area (Å²) in [4.78, 5) is 5.16. The second-order valence-corrected chi connectivity index (χ2v) is 31.2. The normalized spacial score (nSPS) is 14.2. The van der Waals surface area contributed by atoms with E-state index in [-0.39, 0.29) is 10.8 Å². The van der Waals surface area contributed by atoms with Crippen LogP contribution < -0.4 is 5.19 Å². The van der Waals surface area contributed by atoms with Gasteiger partial charge in [-0.05, 0) is 125 Å². The maximum atomic E-state index is 5.02. The van der Waals surface area contributed by atoms with E-state index >= 15 is 0 Å². The Balaban J connectivity index is 0.962. The molecule has 3 heterocycles. The zero-order valence-electron chi connectivity index (χ0n) is 46.2. The quantitative estimate of drug-likeness (QED) is 0.0421. The largest absolute Gasteiger partial charge is 0.172 e. The fraction of sp³-hybridized carbons (Fsp3) is 0.441. The predicted octanol–water partition coefficient (Wildman–Crippen LogP) is 21.8. The molecular weight excluding hydrogens is 969 g/mol. The summed E-state index contributed by atoms with van der Waals surface area (Å²) in [6, 6.07) is 43.9. The van der Waals surface area contributed by atoms with Gasteiger partial charge >= 0.3 is 0 Å². The molecule has 2 aliphatic carbocycles. The van der Waals surface area contributed by atoms with Gasteiger partial charge in [-0.1, -0.05) is 234 Å². The van der Waals surface area contributed by atoms with E-state index in [1.165, 1.54) is 210 Å². The molecule has 10 rings (SSSR count). The van der Waals surface area contributed by atoms with Gasteiger partial charge in [0, 0.05) is 41.5 Å². The molecule has 0 saturated heterocycles. The van der Waals surface area contributed by atoms with Crippen molar-refractivity contribution in [2.45, 2.75) is 194 Å². The highest BCUT2D eigenvalue weighted by Crippen LogP contribution is 2.57. The van der Waals surface area contributed by atoms with Crippen molar-refractivity contribution in [2.75, 3.05) is 0 Å². The van der Waals surface area contributed by atoms with Crippen LogP contribution in [0.4, 0.5) is 0 Å². The van der Waals surface area contributed by atoms with E-state index in [1.807, 2.05) is 22.7 Å². The highest BCUT2D eigenvalue weighted by Gasteiger charge is 2.44. The second-order valence-electron chi connectivity index (χ2n) is 23.4. The number of aryl methyl sites for hydroxylation is 1. The second kappa shape index (κ2) is 23.0. The summed E-state index contributed by atoms with van der Waals surface area (Å²) in [5, 5.41) is 1.59. The molecule has 0 N–H and O–H groups in total. The lowest BCUT2D eigenvalue weighted by Crippen LogP contribution is -2.38. The number of rotatable bonds is 25. The van der Waals surface area contributed by atoms with Gasteiger partial charge in [0.15, 0.2) is 0 Å². The first-order chi connectivity index (χ1) is 36.0. The smallest absolute Gasteiger partial charge is 0.114 e. The van der Waals surface area contributed by atoms with Crippen molar-refractivity contribution in [2.24, 2.45) is 0 Å². The van der Waals surface area contributed by atoms with Crippen LogP contribution in [-0.4, -0.2) is 16.8 Å². The molecule has 0 bridgehead atoms. The molecule has 6 heteroatoms. The van der Waals surface area contributed by atoms with Crippen LogP contribution in [0, 0.1) is 6.92 Å². The number of thiophene rings is 2. The third-order valence-electron chi connectivity index (χ3n) is 17.3. The van der Waals surface area contributed by atoms with E-state index < -0.39 is 8.07 Å². The van der Waals surface area contributed by atoms with E-state index in [4.69, 9.17) is 8.75 Å². The Kier molecular flexibility index (Phi) is 16.5. The fourth-order valence-corrected chi connectivity index (χ4v) is 17.0. The van der Waals surface area contributed by atoms with Gasteiger partial charge in [0.05, 0.1) is 19.8 Å². The molecule has 2 nitrogen and oxygen atoms in total. The average Bonchev–Trinajstić information content (AvgIpc) is 4.27. The van der Waals surface area contributed by atoms with E-state index in [1.54, 1.807) is 27.4 Å². The van der Waals surface area contributed by atoms with Crippen molar-refractivity contribution in [1.82, 2.24) is 8.75 Å².